The van der Waals surface area contributed by atoms with Crippen LogP contribution in [0.25, 0.3) is 0 Å². The summed E-state index contributed by atoms with van der Waals surface area (Å²) in [6, 6.07) is 13.2. The molecule has 128 valence electrons. The molecule has 25 heavy (non-hydrogen) atoms. The van der Waals surface area contributed by atoms with Crippen molar-refractivity contribution in [1.29, 1.82) is 0 Å². The van der Waals surface area contributed by atoms with E-state index in [-0.39, 0.29) is 12.3 Å². The molecule has 2 heterocycles. The van der Waals surface area contributed by atoms with E-state index < -0.39 is 17.2 Å². The van der Waals surface area contributed by atoms with Crippen molar-refractivity contribution >= 4 is 17.4 Å². The third-order valence-corrected chi connectivity index (χ3v) is 5.07. The van der Waals surface area contributed by atoms with E-state index in [4.69, 9.17) is 9.47 Å². The van der Waals surface area contributed by atoms with E-state index >= 15 is 0 Å². The summed E-state index contributed by atoms with van der Waals surface area (Å²) in [5, 5.41) is 11.5. The standard InChI is InChI=1S/C20H19NO4/c1-4-24-18(22)17-20(23)19(3,13-7-5-6-8-16(13)25-20)14-11-12(2)9-10-15(14)21-17/h5-11,23H,4H2,1-3H3/t19-,20+/m1/s1. The number of aliphatic hydroxyl groups is 1. The number of carbonyl (C=O) groups excluding carboxylic acids is 1. The van der Waals surface area contributed by atoms with Crippen molar-refractivity contribution in [1.82, 2.24) is 0 Å². The van der Waals surface area contributed by atoms with Gasteiger partial charge in [-0.2, -0.15) is 0 Å². The van der Waals surface area contributed by atoms with Crippen LogP contribution in [0.1, 0.15) is 30.5 Å². The summed E-state index contributed by atoms with van der Waals surface area (Å²) in [6.07, 6.45) is 0. The molecule has 2 aliphatic rings. The molecule has 0 aliphatic carbocycles. The van der Waals surface area contributed by atoms with Crippen molar-refractivity contribution < 1.29 is 19.4 Å². The molecule has 0 aromatic heterocycles. The number of rotatable bonds is 2. The number of nitrogens with zero attached hydrogens (tertiary/aromatic N) is 1. The van der Waals surface area contributed by atoms with Crippen LogP contribution in [0.5, 0.6) is 5.75 Å². The summed E-state index contributed by atoms with van der Waals surface area (Å²) in [4.78, 5) is 16.9. The highest BCUT2D eigenvalue weighted by Gasteiger charge is 2.65. The Hall–Kier alpha value is -2.66. The Morgan fingerprint density at radius 3 is 2.76 bits per heavy atom. The van der Waals surface area contributed by atoms with Crippen molar-refractivity contribution in [2.24, 2.45) is 4.99 Å². The summed E-state index contributed by atoms with van der Waals surface area (Å²) in [5.74, 6) is -2.04. The fraction of sp³-hybridized carbons (Fsp3) is 0.300. The van der Waals surface area contributed by atoms with E-state index in [1.54, 1.807) is 13.0 Å². The van der Waals surface area contributed by atoms with Gasteiger partial charge in [-0.25, -0.2) is 9.79 Å². The zero-order valence-electron chi connectivity index (χ0n) is 14.4. The average molecular weight is 337 g/mol. The van der Waals surface area contributed by atoms with Crippen LogP contribution in [0.3, 0.4) is 0 Å². The number of hydrogen-bond acceptors (Lipinski definition) is 5. The minimum Gasteiger partial charge on any atom is -0.461 e. The van der Waals surface area contributed by atoms with Gasteiger partial charge in [-0.1, -0.05) is 35.9 Å². The van der Waals surface area contributed by atoms with Gasteiger partial charge in [-0.15, -0.1) is 0 Å². The van der Waals surface area contributed by atoms with Crippen molar-refractivity contribution in [2.75, 3.05) is 6.61 Å². The quantitative estimate of drug-likeness (QED) is 0.855. The zero-order valence-corrected chi connectivity index (χ0v) is 14.4. The molecule has 0 unspecified atom stereocenters. The Morgan fingerprint density at radius 1 is 1.24 bits per heavy atom. The van der Waals surface area contributed by atoms with E-state index in [2.05, 4.69) is 4.99 Å². The Kier molecular flexibility index (Phi) is 3.27. The summed E-state index contributed by atoms with van der Waals surface area (Å²) in [7, 11) is 0. The lowest BCUT2D eigenvalue weighted by Crippen LogP contribution is -2.60. The third-order valence-electron chi connectivity index (χ3n) is 5.07. The van der Waals surface area contributed by atoms with Crippen LogP contribution in [-0.4, -0.2) is 29.2 Å². The number of ether oxygens (including phenoxy) is 2. The summed E-state index contributed by atoms with van der Waals surface area (Å²) in [5.41, 5.74) is 2.25. The van der Waals surface area contributed by atoms with Crippen molar-refractivity contribution in [3.05, 3.63) is 59.2 Å². The van der Waals surface area contributed by atoms with Gasteiger partial charge in [0.2, 0.25) is 0 Å². The molecule has 0 amide bonds. The molecule has 0 bridgehead atoms. The van der Waals surface area contributed by atoms with Gasteiger partial charge in [0.15, 0.2) is 5.71 Å². The van der Waals surface area contributed by atoms with Crippen molar-refractivity contribution in [2.45, 2.75) is 32.0 Å². The molecule has 0 saturated heterocycles. The minimum atomic E-state index is -1.91. The van der Waals surface area contributed by atoms with Gasteiger partial charge in [0.1, 0.15) is 5.75 Å². The Balaban J connectivity index is 2.05. The maximum atomic E-state index is 12.5. The average Bonchev–Trinajstić information content (AvgIpc) is 2.83. The number of para-hydroxylation sites is 1. The lowest BCUT2D eigenvalue weighted by Gasteiger charge is -2.41. The highest BCUT2D eigenvalue weighted by molar-refractivity contribution is 6.41. The summed E-state index contributed by atoms with van der Waals surface area (Å²) in [6.45, 7) is 5.77. The SMILES string of the molecule is CCOC(=O)C1=Nc2ccc(C)cc2[C@@]2(C)c3ccccc3O[C@@]12O. The highest BCUT2D eigenvalue weighted by atomic mass is 16.6. The van der Waals surface area contributed by atoms with E-state index in [9.17, 15) is 9.90 Å². The molecule has 2 atom stereocenters. The maximum absolute atomic E-state index is 12.5. The van der Waals surface area contributed by atoms with Crippen LogP contribution in [0.2, 0.25) is 0 Å². The molecule has 4 rings (SSSR count). The molecular weight excluding hydrogens is 318 g/mol. The number of carbonyl (C=O) groups is 1. The third kappa shape index (κ3) is 1.93. The fourth-order valence-corrected chi connectivity index (χ4v) is 3.75. The number of aliphatic imine (C=N–C) groups is 1. The molecule has 0 radical (unpaired) electrons. The lowest BCUT2D eigenvalue weighted by molar-refractivity contribution is -0.142. The van der Waals surface area contributed by atoms with Crippen molar-refractivity contribution in [3.63, 3.8) is 0 Å². The number of hydrogen-bond donors (Lipinski definition) is 1. The predicted octanol–water partition coefficient (Wildman–Crippen LogP) is 3.03. The highest BCUT2D eigenvalue weighted by Crippen LogP contribution is 2.57. The van der Waals surface area contributed by atoms with Gasteiger partial charge in [0.05, 0.1) is 17.7 Å². The second-order valence-corrected chi connectivity index (χ2v) is 6.57. The second-order valence-electron chi connectivity index (χ2n) is 6.57. The van der Waals surface area contributed by atoms with Gasteiger partial charge >= 0.3 is 5.97 Å². The first-order valence-corrected chi connectivity index (χ1v) is 8.30. The molecular formula is C20H19NO4. The Labute approximate surface area is 145 Å². The van der Waals surface area contributed by atoms with Gasteiger partial charge in [-0.05, 0) is 38.5 Å². The van der Waals surface area contributed by atoms with Crippen LogP contribution >= 0.6 is 0 Å². The monoisotopic (exact) mass is 337 g/mol. The number of benzene rings is 2. The van der Waals surface area contributed by atoms with Crippen LogP contribution in [0.4, 0.5) is 5.69 Å². The smallest absolute Gasteiger partial charge is 0.359 e. The lowest BCUT2D eigenvalue weighted by atomic mass is 9.67. The topological polar surface area (TPSA) is 68.1 Å². The maximum Gasteiger partial charge on any atom is 0.359 e. The van der Waals surface area contributed by atoms with Gasteiger partial charge in [-0.3, -0.25) is 0 Å². The van der Waals surface area contributed by atoms with Crippen molar-refractivity contribution in [3.8, 4) is 5.75 Å². The molecule has 0 saturated carbocycles. The largest absolute Gasteiger partial charge is 0.461 e. The van der Waals surface area contributed by atoms with E-state index in [1.807, 2.05) is 50.2 Å². The molecule has 2 aromatic rings. The van der Waals surface area contributed by atoms with Crippen LogP contribution in [-0.2, 0) is 14.9 Å². The van der Waals surface area contributed by atoms with Crippen LogP contribution in [0, 0.1) is 6.92 Å². The molecule has 5 nitrogen and oxygen atoms in total. The first-order chi connectivity index (χ1) is 11.9. The molecule has 0 spiro atoms. The predicted molar refractivity (Wildman–Crippen MR) is 93.4 cm³/mol. The van der Waals surface area contributed by atoms with Crippen LogP contribution in [0.15, 0.2) is 47.5 Å². The number of esters is 1. The first kappa shape index (κ1) is 15.8. The second kappa shape index (κ2) is 5.17. The summed E-state index contributed by atoms with van der Waals surface area (Å²) < 4.78 is 11.0. The minimum absolute atomic E-state index is 0.121. The molecule has 0 fully saturated rings. The summed E-state index contributed by atoms with van der Waals surface area (Å²) >= 11 is 0. The van der Waals surface area contributed by atoms with Gasteiger partial charge < -0.3 is 14.6 Å². The molecule has 2 aliphatic heterocycles. The van der Waals surface area contributed by atoms with Gasteiger partial charge in [0, 0.05) is 5.56 Å². The molecule has 1 N–H and O–H groups in total. The Morgan fingerprint density at radius 2 is 2.00 bits per heavy atom. The van der Waals surface area contributed by atoms with E-state index in [0.717, 1.165) is 16.7 Å². The Bertz CT molecular complexity index is 920. The molecule has 5 heteroatoms. The van der Waals surface area contributed by atoms with E-state index in [1.165, 1.54) is 0 Å². The van der Waals surface area contributed by atoms with E-state index in [0.29, 0.717) is 11.4 Å². The zero-order chi connectivity index (χ0) is 17.8. The normalized spacial score (nSPS) is 26.0. The first-order valence-electron chi connectivity index (χ1n) is 8.30. The molecule has 2 aromatic carbocycles. The number of fused-ring (bicyclic) bond motifs is 5. The van der Waals surface area contributed by atoms with Crippen LogP contribution < -0.4 is 4.74 Å². The fourth-order valence-electron chi connectivity index (χ4n) is 3.75. The van der Waals surface area contributed by atoms with Gasteiger partial charge in [0.25, 0.3) is 5.79 Å². The number of aryl methyl sites for hydroxylation is 1.